The van der Waals surface area contributed by atoms with E-state index in [-0.39, 0.29) is 12.2 Å². The topological polar surface area (TPSA) is 68.1 Å². The van der Waals surface area contributed by atoms with Crippen LogP contribution in [0.15, 0.2) is 72.4 Å². The van der Waals surface area contributed by atoms with Gasteiger partial charge in [0, 0.05) is 20.7 Å². The number of fused-ring (bicyclic) bond motifs is 1. The van der Waals surface area contributed by atoms with Crippen LogP contribution >= 0.6 is 11.3 Å². The summed E-state index contributed by atoms with van der Waals surface area (Å²) in [4.78, 5) is 18.0. The van der Waals surface area contributed by atoms with Crippen molar-refractivity contribution < 1.29 is 19.5 Å². The Bertz CT molecular complexity index is 1130. The first-order chi connectivity index (χ1) is 14.5. The Labute approximate surface area is 179 Å². The number of aliphatic carboxylic acids is 1. The molecule has 1 N–H and O–H groups in total. The Morgan fingerprint density at radius 2 is 2.03 bits per heavy atom. The van der Waals surface area contributed by atoms with Gasteiger partial charge in [-0.05, 0) is 37.4 Å². The van der Waals surface area contributed by atoms with Gasteiger partial charge in [-0.15, -0.1) is 11.3 Å². The van der Waals surface area contributed by atoms with Crippen molar-refractivity contribution in [1.82, 2.24) is 0 Å². The number of rotatable bonds is 9. The lowest BCUT2D eigenvalue weighted by Crippen LogP contribution is -2.02. The molecule has 0 amide bonds. The van der Waals surface area contributed by atoms with E-state index < -0.39 is 5.97 Å². The predicted molar refractivity (Wildman–Crippen MR) is 122 cm³/mol. The number of hydrogen-bond donors (Lipinski definition) is 1. The first kappa shape index (κ1) is 21.3. The van der Waals surface area contributed by atoms with Crippen molar-refractivity contribution in [2.75, 3.05) is 6.61 Å². The summed E-state index contributed by atoms with van der Waals surface area (Å²) in [6.45, 7) is 7.83. The maximum Gasteiger partial charge on any atom is 0.336 e. The van der Waals surface area contributed by atoms with Crippen molar-refractivity contribution in [2.45, 2.75) is 20.5 Å². The average molecular weight is 422 g/mol. The van der Waals surface area contributed by atoms with Crippen molar-refractivity contribution in [2.24, 2.45) is 5.16 Å². The van der Waals surface area contributed by atoms with Crippen molar-refractivity contribution in [3.05, 3.63) is 83.3 Å². The highest BCUT2D eigenvalue weighted by atomic mass is 32.1. The molecule has 1 heterocycles. The van der Waals surface area contributed by atoms with E-state index in [4.69, 9.17) is 9.57 Å². The second kappa shape index (κ2) is 9.89. The summed E-state index contributed by atoms with van der Waals surface area (Å²) in [6.07, 6.45) is 3.30. The van der Waals surface area contributed by atoms with Crippen LogP contribution in [0, 0.1) is 0 Å². The van der Waals surface area contributed by atoms with Crippen LogP contribution in [0.25, 0.3) is 15.7 Å². The minimum absolute atomic E-state index is 0.175. The molecule has 154 valence electrons. The Hall–Kier alpha value is -3.38. The normalized spacial score (nSPS) is 12.1. The molecule has 3 rings (SSSR count). The first-order valence-electron chi connectivity index (χ1n) is 9.46. The van der Waals surface area contributed by atoms with Crippen LogP contribution in [0.5, 0.6) is 5.75 Å². The minimum atomic E-state index is -0.957. The van der Waals surface area contributed by atoms with Crippen molar-refractivity contribution in [1.29, 1.82) is 0 Å². The standard InChI is InChI=1S/C24H23NO4S/c1-4-13-28-18-10-8-9-17(14-18)16(3)25-29-15-21-20-11-6-7-12-22(20)30-23(21)19(5-2)24(26)27/h4-12,14H,1,13,15H2,2-3H3,(H,26,27). The Morgan fingerprint density at radius 3 is 2.77 bits per heavy atom. The van der Waals surface area contributed by atoms with Crippen molar-refractivity contribution >= 4 is 38.7 Å². The molecule has 0 unspecified atom stereocenters. The van der Waals surface area contributed by atoms with E-state index in [1.807, 2.05) is 55.5 Å². The van der Waals surface area contributed by atoms with E-state index in [2.05, 4.69) is 11.7 Å². The fraction of sp³-hybridized carbons (Fsp3) is 0.167. The van der Waals surface area contributed by atoms with E-state index in [1.54, 1.807) is 19.1 Å². The maximum atomic E-state index is 11.7. The number of carboxylic acid groups (broad SMARTS) is 1. The summed E-state index contributed by atoms with van der Waals surface area (Å²) in [7, 11) is 0. The molecular formula is C24H23NO4S. The smallest absolute Gasteiger partial charge is 0.336 e. The summed E-state index contributed by atoms with van der Waals surface area (Å²) in [5.74, 6) is -0.228. The Morgan fingerprint density at radius 1 is 1.23 bits per heavy atom. The number of ether oxygens (including phenoxy) is 1. The molecule has 1 aromatic heterocycles. The third-order valence-corrected chi connectivity index (χ3v) is 5.74. The van der Waals surface area contributed by atoms with E-state index >= 15 is 0 Å². The number of carbonyl (C=O) groups is 1. The van der Waals surface area contributed by atoms with Crippen LogP contribution in [0.2, 0.25) is 0 Å². The maximum absolute atomic E-state index is 11.7. The molecule has 0 saturated heterocycles. The molecule has 0 aliphatic heterocycles. The number of oxime groups is 1. The lowest BCUT2D eigenvalue weighted by molar-refractivity contribution is -0.130. The van der Waals surface area contributed by atoms with E-state index in [0.29, 0.717) is 17.2 Å². The third-order valence-electron chi connectivity index (χ3n) is 4.49. The zero-order chi connectivity index (χ0) is 21.5. The SMILES string of the molecule is C=CCOc1cccc(C(C)=NOCc2c(C(=CC)C(=O)O)sc3ccccc23)c1. The fourth-order valence-corrected chi connectivity index (χ4v) is 4.30. The van der Waals surface area contributed by atoms with E-state index in [9.17, 15) is 9.90 Å². The van der Waals surface area contributed by atoms with Gasteiger partial charge in [0.05, 0.1) is 11.3 Å². The highest BCUT2D eigenvalue weighted by Gasteiger charge is 2.19. The number of thiophene rings is 1. The molecule has 0 saturated carbocycles. The van der Waals surface area contributed by atoms with Gasteiger partial charge in [0.1, 0.15) is 19.0 Å². The van der Waals surface area contributed by atoms with Crippen LogP contribution in [0.1, 0.15) is 29.9 Å². The monoisotopic (exact) mass is 421 g/mol. The lowest BCUT2D eigenvalue weighted by atomic mass is 10.1. The summed E-state index contributed by atoms with van der Waals surface area (Å²) < 4.78 is 6.57. The van der Waals surface area contributed by atoms with E-state index in [1.165, 1.54) is 11.3 Å². The fourth-order valence-electron chi connectivity index (χ4n) is 3.02. The van der Waals surface area contributed by atoms with Crippen LogP contribution in [-0.2, 0) is 16.2 Å². The van der Waals surface area contributed by atoms with Crippen molar-refractivity contribution in [3.63, 3.8) is 0 Å². The molecule has 5 nitrogen and oxygen atoms in total. The molecule has 0 spiro atoms. The average Bonchev–Trinajstić information content (AvgIpc) is 3.11. The van der Waals surface area contributed by atoms with Gasteiger partial charge in [0.15, 0.2) is 0 Å². The number of hydrogen-bond acceptors (Lipinski definition) is 5. The highest BCUT2D eigenvalue weighted by molar-refractivity contribution is 7.20. The molecular weight excluding hydrogens is 398 g/mol. The molecule has 0 radical (unpaired) electrons. The van der Waals surface area contributed by atoms with Gasteiger partial charge < -0.3 is 14.7 Å². The van der Waals surface area contributed by atoms with Gasteiger partial charge in [0.25, 0.3) is 0 Å². The molecule has 30 heavy (non-hydrogen) atoms. The summed E-state index contributed by atoms with van der Waals surface area (Å²) in [6, 6.07) is 15.4. The minimum Gasteiger partial charge on any atom is -0.490 e. The third kappa shape index (κ3) is 4.78. The van der Waals surface area contributed by atoms with Crippen molar-refractivity contribution in [3.8, 4) is 5.75 Å². The predicted octanol–water partition coefficient (Wildman–Crippen LogP) is 5.89. The molecule has 0 bridgehead atoms. The summed E-state index contributed by atoms with van der Waals surface area (Å²) >= 11 is 1.45. The van der Waals surface area contributed by atoms with Crippen LogP contribution in [0.4, 0.5) is 0 Å². The van der Waals surface area contributed by atoms with Gasteiger partial charge in [-0.1, -0.05) is 54.2 Å². The molecule has 0 aliphatic carbocycles. The molecule has 0 atom stereocenters. The first-order valence-corrected chi connectivity index (χ1v) is 10.3. The van der Waals surface area contributed by atoms with Crippen LogP contribution < -0.4 is 4.74 Å². The van der Waals surface area contributed by atoms with Crippen LogP contribution in [0.3, 0.4) is 0 Å². The highest BCUT2D eigenvalue weighted by Crippen LogP contribution is 2.36. The molecule has 6 heteroatoms. The van der Waals surface area contributed by atoms with E-state index in [0.717, 1.165) is 27.0 Å². The van der Waals surface area contributed by atoms with Crippen LogP contribution in [-0.4, -0.2) is 23.4 Å². The Balaban J connectivity index is 1.85. The molecule has 2 aromatic carbocycles. The number of nitrogens with zero attached hydrogens (tertiary/aromatic N) is 1. The summed E-state index contributed by atoms with van der Waals surface area (Å²) in [5.41, 5.74) is 2.67. The summed E-state index contributed by atoms with van der Waals surface area (Å²) in [5, 5.41) is 14.8. The van der Waals surface area contributed by atoms with Gasteiger partial charge in [-0.25, -0.2) is 4.79 Å². The van der Waals surface area contributed by atoms with Gasteiger partial charge in [0.2, 0.25) is 0 Å². The Kier molecular flexibility index (Phi) is 7.03. The number of benzene rings is 2. The zero-order valence-corrected chi connectivity index (χ0v) is 17.7. The molecule has 3 aromatic rings. The number of carboxylic acids is 1. The second-order valence-corrected chi connectivity index (χ2v) is 7.54. The zero-order valence-electron chi connectivity index (χ0n) is 16.9. The lowest BCUT2D eigenvalue weighted by Gasteiger charge is -2.07. The quantitative estimate of drug-likeness (QED) is 0.202. The van der Waals surface area contributed by atoms with Gasteiger partial charge in [-0.2, -0.15) is 0 Å². The van der Waals surface area contributed by atoms with Gasteiger partial charge >= 0.3 is 5.97 Å². The molecule has 0 aliphatic rings. The number of allylic oxidation sites excluding steroid dienone is 1. The largest absolute Gasteiger partial charge is 0.490 e. The van der Waals surface area contributed by atoms with Gasteiger partial charge in [-0.3, -0.25) is 0 Å². The second-order valence-electron chi connectivity index (χ2n) is 6.49. The molecule has 0 fully saturated rings.